The molecule has 1 fully saturated rings. The maximum absolute atomic E-state index is 10.4. The van der Waals surface area contributed by atoms with Crippen LogP contribution in [-0.4, -0.2) is 25.3 Å². The maximum Gasteiger partial charge on any atom is 0.404 e. The first-order chi connectivity index (χ1) is 8.65. The lowest BCUT2D eigenvalue weighted by Crippen LogP contribution is -2.41. The van der Waals surface area contributed by atoms with Gasteiger partial charge in [-0.2, -0.15) is 0 Å². The number of nitrogens with one attached hydrogen (secondary N) is 1. The van der Waals surface area contributed by atoms with Crippen molar-refractivity contribution in [3.05, 3.63) is 34.9 Å². The lowest BCUT2D eigenvalue weighted by atomic mass is 9.76. The first kappa shape index (κ1) is 13.2. The number of halogens is 1. The summed E-state index contributed by atoms with van der Waals surface area (Å²) in [5, 5.41) is 4.10. The number of benzene rings is 1. The molecule has 18 heavy (non-hydrogen) atoms. The Hall–Kier alpha value is -1.26. The number of hydrogen-bond donors (Lipinski definition) is 2. The van der Waals surface area contributed by atoms with Crippen LogP contribution in [0.15, 0.2) is 24.3 Å². The second-order valence-corrected chi connectivity index (χ2v) is 4.97. The molecule has 98 valence electrons. The van der Waals surface area contributed by atoms with E-state index < -0.39 is 6.09 Å². The molecule has 3 N–H and O–H groups in total. The van der Waals surface area contributed by atoms with Gasteiger partial charge in [-0.25, -0.2) is 4.79 Å². The standard InChI is InChI=1S/C13H17ClN2O2/c14-11-3-1-9(2-4-11)10-7-12(8-10)16-5-6-18-13(15)17/h1-4,10,12,16H,5-8H2,(H2,15,17). The van der Waals surface area contributed by atoms with Crippen molar-refractivity contribution in [1.82, 2.24) is 5.32 Å². The van der Waals surface area contributed by atoms with E-state index in [1.807, 2.05) is 12.1 Å². The summed E-state index contributed by atoms with van der Waals surface area (Å²) in [6, 6.07) is 8.53. The Bertz CT molecular complexity index is 402. The van der Waals surface area contributed by atoms with Crippen LogP contribution in [0.2, 0.25) is 5.02 Å². The van der Waals surface area contributed by atoms with E-state index in [2.05, 4.69) is 22.2 Å². The molecule has 1 saturated carbocycles. The molecular formula is C13H17ClN2O2. The Morgan fingerprint density at radius 1 is 1.39 bits per heavy atom. The van der Waals surface area contributed by atoms with Gasteiger partial charge in [-0.3, -0.25) is 0 Å². The molecular weight excluding hydrogens is 252 g/mol. The Balaban J connectivity index is 1.64. The lowest BCUT2D eigenvalue weighted by molar-refractivity contribution is 0.152. The van der Waals surface area contributed by atoms with E-state index in [1.165, 1.54) is 5.56 Å². The number of ether oxygens (including phenoxy) is 1. The SMILES string of the molecule is NC(=O)OCCNC1CC(c2ccc(Cl)cc2)C1. The summed E-state index contributed by atoms with van der Waals surface area (Å²) in [7, 11) is 0. The van der Waals surface area contributed by atoms with Crippen LogP contribution in [0.3, 0.4) is 0 Å². The molecule has 0 radical (unpaired) electrons. The molecule has 4 nitrogen and oxygen atoms in total. The highest BCUT2D eigenvalue weighted by atomic mass is 35.5. The van der Waals surface area contributed by atoms with Gasteiger partial charge in [-0.05, 0) is 36.5 Å². The van der Waals surface area contributed by atoms with Crippen molar-refractivity contribution in [2.45, 2.75) is 24.8 Å². The molecule has 1 amide bonds. The molecule has 2 rings (SSSR count). The third-order valence-electron chi connectivity index (χ3n) is 3.26. The van der Waals surface area contributed by atoms with E-state index in [9.17, 15) is 4.79 Å². The van der Waals surface area contributed by atoms with Crippen LogP contribution in [0, 0.1) is 0 Å². The van der Waals surface area contributed by atoms with Crippen LogP contribution < -0.4 is 11.1 Å². The minimum Gasteiger partial charge on any atom is -0.448 e. The van der Waals surface area contributed by atoms with E-state index in [1.54, 1.807) is 0 Å². The van der Waals surface area contributed by atoms with E-state index in [0.29, 0.717) is 25.1 Å². The summed E-state index contributed by atoms with van der Waals surface area (Å²) in [5.74, 6) is 0.608. The summed E-state index contributed by atoms with van der Waals surface area (Å²) in [4.78, 5) is 10.4. The van der Waals surface area contributed by atoms with Gasteiger partial charge in [0.1, 0.15) is 6.61 Å². The highest BCUT2D eigenvalue weighted by Gasteiger charge is 2.29. The van der Waals surface area contributed by atoms with E-state index >= 15 is 0 Å². The number of rotatable bonds is 5. The average Bonchev–Trinajstić information content (AvgIpc) is 2.28. The van der Waals surface area contributed by atoms with Gasteiger partial charge < -0.3 is 15.8 Å². The molecule has 0 heterocycles. The molecule has 5 heteroatoms. The van der Waals surface area contributed by atoms with Crippen molar-refractivity contribution in [3.63, 3.8) is 0 Å². The quantitative estimate of drug-likeness (QED) is 0.805. The van der Waals surface area contributed by atoms with Crippen LogP contribution in [0.5, 0.6) is 0 Å². The second kappa shape index (κ2) is 6.07. The van der Waals surface area contributed by atoms with Gasteiger partial charge in [0, 0.05) is 17.6 Å². The van der Waals surface area contributed by atoms with Gasteiger partial charge in [0.25, 0.3) is 0 Å². The van der Waals surface area contributed by atoms with E-state index in [-0.39, 0.29) is 0 Å². The van der Waals surface area contributed by atoms with Crippen LogP contribution in [-0.2, 0) is 4.74 Å². The summed E-state index contributed by atoms with van der Waals surface area (Å²) in [5.41, 5.74) is 6.21. The zero-order chi connectivity index (χ0) is 13.0. The lowest BCUT2D eigenvalue weighted by Gasteiger charge is -2.36. The first-order valence-corrected chi connectivity index (χ1v) is 6.44. The second-order valence-electron chi connectivity index (χ2n) is 4.54. The highest BCUT2D eigenvalue weighted by molar-refractivity contribution is 6.30. The number of carbonyl (C=O) groups excluding carboxylic acids is 1. The Morgan fingerprint density at radius 2 is 2.06 bits per heavy atom. The van der Waals surface area contributed by atoms with Gasteiger partial charge >= 0.3 is 6.09 Å². The largest absolute Gasteiger partial charge is 0.448 e. The number of amides is 1. The van der Waals surface area contributed by atoms with Gasteiger partial charge in [-0.15, -0.1) is 0 Å². The molecule has 1 aromatic carbocycles. The van der Waals surface area contributed by atoms with Crippen LogP contribution in [0.25, 0.3) is 0 Å². The number of hydrogen-bond acceptors (Lipinski definition) is 3. The zero-order valence-corrected chi connectivity index (χ0v) is 10.8. The molecule has 0 unspecified atom stereocenters. The normalized spacial score (nSPS) is 22.3. The average molecular weight is 269 g/mol. The summed E-state index contributed by atoms with van der Waals surface area (Å²) in [6.45, 7) is 0.985. The molecule has 0 aromatic heterocycles. The van der Waals surface area contributed by atoms with E-state index in [0.717, 1.165) is 17.9 Å². The monoisotopic (exact) mass is 268 g/mol. The van der Waals surface area contributed by atoms with Crippen molar-refractivity contribution in [2.75, 3.05) is 13.2 Å². The van der Waals surface area contributed by atoms with Crippen molar-refractivity contribution < 1.29 is 9.53 Å². The van der Waals surface area contributed by atoms with Crippen LogP contribution in [0.1, 0.15) is 24.3 Å². The zero-order valence-electron chi connectivity index (χ0n) is 10.1. The van der Waals surface area contributed by atoms with Crippen molar-refractivity contribution >= 4 is 17.7 Å². The number of carbonyl (C=O) groups is 1. The van der Waals surface area contributed by atoms with Crippen LogP contribution >= 0.6 is 11.6 Å². The molecule has 0 atom stereocenters. The predicted octanol–water partition coefficient (Wildman–Crippen LogP) is 2.27. The van der Waals surface area contributed by atoms with Crippen molar-refractivity contribution in [1.29, 1.82) is 0 Å². The summed E-state index contributed by atoms with van der Waals surface area (Å²) < 4.78 is 4.65. The molecule has 0 bridgehead atoms. The maximum atomic E-state index is 10.4. The van der Waals surface area contributed by atoms with Gasteiger partial charge in [0.2, 0.25) is 0 Å². The fourth-order valence-corrected chi connectivity index (χ4v) is 2.33. The molecule has 0 spiro atoms. The van der Waals surface area contributed by atoms with Crippen molar-refractivity contribution in [2.24, 2.45) is 5.73 Å². The minimum absolute atomic E-state index is 0.331. The Labute approximate surface area is 111 Å². The topological polar surface area (TPSA) is 64.4 Å². The molecule has 0 saturated heterocycles. The van der Waals surface area contributed by atoms with Crippen molar-refractivity contribution in [3.8, 4) is 0 Å². The molecule has 0 aliphatic heterocycles. The van der Waals surface area contributed by atoms with Crippen LogP contribution in [0.4, 0.5) is 4.79 Å². The van der Waals surface area contributed by atoms with Gasteiger partial charge in [0.05, 0.1) is 0 Å². The fourth-order valence-electron chi connectivity index (χ4n) is 2.21. The Kier molecular flexibility index (Phi) is 4.44. The first-order valence-electron chi connectivity index (χ1n) is 6.06. The van der Waals surface area contributed by atoms with E-state index in [4.69, 9.17) is 17.3 Å². The Morgan fingerprint density at radius 3 is 2.67 bits per heavy atom. The number of nitrogens with two attached hydrogens (primary N) is 1. The summed E-state index contributed by atoms with van der Waals surface area (Å²) in [6.07, 6.45) is 1.50. The molecule has 1 aliphatic carbocycles. The summed E-state index contributed by atoms with van der Waals surface area (Å²) >= 11 is 5.85. The fraction of sp³-hybridized carbons (Fsp3) is 0.462. The third kappa shape index (κ3) is 3.62. The highest BCUT2D eigenvalue weighted by Crippen LogP contribution is 2.37. The minimum atomic E-state index is -0.718. The van der Waals surface area contributed by atoms with Gasteiger partial charge in [0.15, 0.2) is 0 Å². The third-order valence-corrected chi connectivity index (χ3v) is 3.51. The molecule has 1 aliphatic rings. The molecule has 1 aromatic rings. The van der Waals surface area contributed by atoms with Gasteiger partial charge in [-0.1, -0.05) is 23.7 Å². The predicted molar refractivity (Wildman–Crippen MR) is 70.8 cm³/mol. The number of primary amides is 1. The smallest absolute Gasteiger partial charge is 0.404 e.